The van der Waals surface area contributed by atoms with Crippen LogP contribution in [0.1, 0.15) is 33.1 Å². The van der Waals surface area contributed by atoms with E-state index < -0.39 is 22.2 Å². The molecule has 1 fully saturated rings. The summed E-state index contributed by atoms with van der Waals surface area (Å²) in [6.07, 6.45) is 2.81. The van der Waals surface area contributed by atoms with Crippen LogP contribution >= 0.6 is 0 Å². The minimum atomic E-state index is -0.914. The maximum absolute atomic E-state index is 13.8. The van der Waals surface area contributed by atoms with Gasteiger partial charge in [-0.25, -0.2) is 8.78 Å². The molecule has 1 saturated carbocycles. The van der Waals surface area contributed by atoms with E-state index in [9.17, 15) is 18.9 Å². The molecule has 2 unspecified atom stereocenters. The Balaban J connectivity index is 2.19. The van der Waals surface area contributed by atoms with Gasteiger partial charge in [0.05, 0.1) is 17.1 Å². The minimum Gasteiger partial charge on any atom is -0.378 e. The molecule has 0 aliphatic heterocycles. The number of hydrogen-bond acceptors (Lipinski definition) is 3. The van der Waals surface area contributed by atoms with Crippen molar-refractivity contribution in [2.75, 3.05) is 5.32 Å². The SMILES string of the molecule is CC1CC(C)CC(Nc2c(F)cc([N+](=O)[O-])cc2F)C1. The first-order valence-corrected chi connectivity index (χ1v) is 6.76. The molecule has 0 radical (unpaired) electrons. The van der Waals surface area contributed by atoms with Crippen molar-refractivity contribution in [3.63, 3.8) is 0 Å². The number of nitrogens with zero attached hydrogens (tertiary/aromatic N) is 1. The fourth-order valence-corrected chi connectivity index (χ4v) is 3.07. The molecule has 0 heterocycles. The van der Waals surface area contributed by atoms with Crippen LogP contribution < -0.4 is 5.32 Å². The summed E-state index contributed by atoms with van der Waals surface area (Å²) in [7, 11) is 0. The molecule has 1 aliphatic carbocycles. The Bertz CT molecular complexity index is 489. The van der Waals surface area contributed by atoms with Gasteiger partial charge in [-0.1, -0.05) is 13.8 Å². The lowest BCUT2D eigenvalue weighted by molar-refractivity contribution is -0.385. The van der Waals surface area contributed by atoms with Gasteiger partial charge in [-0.05, 0) is 31.1 Å². The summed E-state index contributed by atoms with van der Waals surface area (Å²) in [5.74, 6) is -0.828. The lowest BCUT2D eigenvalue weighted by Gasteiger charge is -2.32. The number of rotatable bonds is 3. The highest BCUT2D eigenvalue weighted by atomic mass is 19.1. The van der Waals surface area contributed by atoms with Crippen LogP contribution in [0.2, 0.25) is 0 Å². The summed E-state index contributed by atoms with van der Waals surface area (Å²) in [6.45, 7) is 4.24. The molecule has 2 atom stereocenters. The minimum absolute atomic E-state index is 0.000735. The van der Waals surface area contributed by atoms with Crippen LogP contribution in [-0.4, -0.2) is 11.0 Å². The summed E-state index contributed by atoms with van der Waals surface area (Å²) in [5, 5.41) is 13.4. The van der Waals surface area contributed by atoms with E-state index in [4.69, 9.17) is 0 Å². The molecule has 0 bridgehead atoms. The van der Waals surface area contributed by atoms with E-state index in [-0.39, 0.29) is 11.7 Å². The average molecular weight is 284 g/mol. The summed E-state index contributed by atoms with van der Waals surface area (Å²) in [4.78, 5) is 9.74. The highest BCUT2D eigenvalue weighted by Crippen LogP contribution is 2.32. The molecule has 6 heteroatoms. The summed E-state index contributed by atoms with van der Waals surface area (Å²) in [6, 6.07) is 1.50. The van der Waals surface area contributed by atoms with E-state index in [0.717, 1.165) is 31.4 Å². The lowest BCUT2D eigenvalue weighted by Crippen LogP contribution is -2.30. The molecule has 20 heavy (non-hydrogen) atoms. The topological polar surface area (TPSA) is 55.2 Å². The van der Waals surface area contributed by atoms with E-state index in [0.29, 0.717) is 11.8 Å². The maximum Gasteiger partial charge on any atom is 0.275 e. The molecule has 0 amide bonds. The first-order valence-electron chi connectivity index (χ1n) is 6.76. The number of benzene rings is 1. The number of halogens is 2. The zero-order valence-electron chi connectivity index (χ0n) is 11.5. The summed E-state index contributed by atoms with van der Waals surface area (Å²) >= 11 is 0. The average Bonchev–Trinajstić information content (AvgIpc) is 2.32. The number of non-ortho nitro benzene ring substituents is 1. The Labute approximate surface area is 116 Å². The Hall–Kier alpha value is -1.72. The molecule has 2 rings (SSSR count). The van der Waals surface area contributed by atoms with Gasteiger partial charge in [0.15, 0.2) is 11.6 Å². The summed E-state index contributed by atoms with van der Waals surface area (Å²) < 4.78 is 27.6. The van der Waals surface area contributed by atoms with Crippen LogP contribution in [-0.2, 0) is 0 Å². The Morgan fingerprint density at radius 1 is 1.15 bits per heavy atom. The highest BCUT2D eigenvalue weighted by Gasteiger charge is 2.26. The van der Waals surface area contributed by atoms with E-state index in [1.807, 2.05) is 0 Å². The predicted molar refractivity (Wildman–Crippen MR) is 72.6 cm³/mol. The Kier molecular flexibility index (Phi) is 4.20. The second-order valence-electron chi connectivity index (χ2n) is 5.80. The van der Waals surface area contributed by atoms with Crippen molar-refractivity contribution in [2.24, 2.45) is 11.8 Å². The third kappa shape index (κ3) is 3.23. The molecule has 0 aromatic heterocycles. The zero-order chi connectivity index (χ0) is 14.9. The quantitative estimate of drug-likeness (QED) is 0.671. The number of nitrogens with one attached hydrogen (secondary N) is 1. The fourth-order valence-electron chi connectivity index (χ4n) is 3.07. The molecule has 110 valence electrons. The zero-order valence-corrected chi connectivity index (χ0v) is 11.5. The molecular weight excluding hydrogens is 266 g/mol. The van der Waals surface area contributed by atoms with Crippen LogP contribution in [0, 0.1) is 33.6 Å². The standard InChI is InChI=1S/C14H18F2N2O2/c1-8-3-9(2)5-10(4-8)17-14-12(15)6-11(18(19)20)7-13(14)16/h6-10,17H,3-5H2,1-2H3. The van der Waals surface area contributed by atoms with Gasteiger partial charge in [0.25, 0.3) is 5.69 Å². The van der Waals surface area contributed by atoms with Crippen LogP contribution in [0.3, 0.4) is 0 Å². The van der Waals surface area contributed by atoms with Crippen LogP contribution in [0.4, 0.5) is 20.2 Å². The monoisotopic (exact) mass is 284 g/mol. The molecule has 4 nitrogen and oxygen atoms in total. The van der Waals surface area contributed by atoms with Crippen molar-refractivity contribution in [1.82, 2.24) is 0 Å². The molecule has 0 saturated heterocycles. The Morgan fingerprint density at radius 2 is 1.65 bits per heavy atom. The first-order chi connectivity index (χ1) is 9.36. The van der Waals surface area contributed by atoms with Gasteiger partial charge < -0.3 is 5.32 Å². The van der Waals surface area contributed by atoms with Crippen molar-refractivity contribution in [2.45, 2.75) is 39.2 Å². The third-order valence-electron chi connectivity index (χ3n) is 3.76. The van der Waals surface area contributed by atoms with E-state index in [1.165, 1.54) is 0 Å². The maximum atomic E-state index is 13.8. The van der Waals surface area contributed by atoms with Crippen LogP contribution in [0.25, 0.3) is 0 Å². The first kappa shape index (κ1) is 14.7. The van der Waals surface area contributed by atoms with Gasteiger partial charge in [0.1, 0.15) is 5.69 Å². The number of nitro benzene ring substituents is 1. The number of hydrogen-bond donors (Lipinski definition) is 1. The van der Waals surface area contributed by atoms with E-state index in [2.05, 4.69) is 19.2 Å². The second kappa shape index (κ2) is 5.73. The van der Waals surface area contributed by atoms with E-state index >= 15 is 0 Å². The highest BCUT2D eigenvalue weighted by molar-refractivity contribution is 5.52. The lowest BCUT2D eigenvalue weighted by atomic mass is 9.80. The number of nitro groups is 1. The summed E-state index contributed by atoms with van der Waals surface area (Å²) in [5.41, 5.74) is -0.835. The molecular formula is C14H18F2N2O2. The van der Waals surface area contributed by atoms with Crippen molar-refractivity contribution < 1.29 is 13.7 Å². The Morgan fingerprint density at radius 3 is 2.10 bits per heavy atom. The fraction of sp³-hybridized carbons (Fsp3) is 0.571. The molecule has 1 aromatic carbocycles. The second-order valence-corrected chi connectivity index (χ2v) is 5.80. The van der Waals surface area contributed by atoms with Crippen molar-refractivity contribution >= 4 is 11.4 Å². The van der Waals surface area contributed by atoms with Crippen molar-refractivity contribution in [1.29, 1.82) is 0 Å². The van der Waals surface area contributed by atoms with E-state index in [1.54, 1.807) is 0 Å². The van der Waals surface area contributed by atoms with Crippen molar-refractivity contribution in [3.8, 4) is 0 Å². The predicted octanol–water partition coefficient (Wildman–Crippen LogP) is 4.11. The van der Waals surface area contributed by atoms with Gasteiger partial charge in [-0.2, -0.15) is 0 Å². The van der Waals surface area contributed by atoms with Crippen LogP contribution in [0.15, 0.2) is 12.1 Å². The smallest absolute Gasteiger partial charge is 0.275 e. The number of anilines is 1. The van der Waals surface area contributed by atoms with Gasteiger partial charge in [-0.15, -0.1) is 0 Å². The molecule has 1 aromatic rings. The van der Waals surface area contributed by atoms with Crippen molar-refractivity contribution in [3.05, 3.63) is 33.9 Å². The molecule has 0 spiro atoms. The van der Waals surface area contributed by atoms with Gasteiger partial charge in [-0.3, -0.25) is 10.1 Å². The normalized spacial score (nSPS) is 26.3. The third-order valence-corrected chi connectivity index (χ3v) is 3.76. The largest absolute Gasteiger partial charge is 0.378 e. The molecule has 1 N–H and O–H groups in total. The van der Waals surface area contributed by atoms with Gasteiger partial charge in [0, 0.05) is 6.04 Å². The van der Waals surface area contributed by atoms with Crippen LogP contribution in [0.5, 0.6) is 0 Å². The van der Waals surface area contributed by atoms with Gasteiger partial charge in [0.2, 0.25) is 0 Å². The van der Waals surface area contributed by atoms with Gasteiger partial charge >= 0.3 is 0 Å². The molecule has 1 aliphatic rings.